The van der Waals surface area contributed by atoms with Crippen molar-refractivity contribution < 1.29 is 18.6 Å². The predicted molar refractivity (Wildman–Crippen MR) is 140 cm³/mol. The van der Waals surface area contributed by atoms with Crippen molar-refractivity contribution in [1.82, 2.24) is 30.1 Å². The maximum absolute atomic E-state index is 13.6. The number of rotatable bonds is 6. The lowest BCUT2D eigenvalue weighted by atomic mass is 10.0. The number of benzene rings is 2. The van der Waals surface area contributed by atoms with Crippen molar-refractivity contribution >= 4 is 16.6 Å². The van der Waals surface area contributed by atoms with E-state index in [4.69, 9.17) is 14.2 Å². The van der Waals surface area contributed by atoms with Crippen molar-refractivity contribution in [3.8, 4) is 11.5 Å². The SMILES string of the molecule is O=c1[nH]c2cc3c(cc2cc1[C@@H](c1nnnn1C[C@@H]1CCCO1)N1CCN(c2ccc(F)cc2)CC1)OCO3. The Morgan fingerprint density at radius 2 is 1.85 bits per heavy atom. The van der Waals surface area contributed by atoms with Crippen LogP contribution in [0.15, 0.2) is 47.3 Å². The normalized spacial score (nSPS) is 20.1. The number of hydrogen-bond donors (Lipinski definition) is 1. The summed E-state index contributed by atoms with van der Waals surface area (Å²) < 4.78 is 32.2. The Bertz CT molecular complexity index is 1540. The lowest BCUT2D eigenvalue weighted by molar-refractivity contribution is 0.0906. The summed E-state index contributed by atoms with van der Waals surface area (Å²) in [6.45, 7) is 4.15. The Labute approximate surface area is 223 Å². The second-order valence-corrected chi connectivity index (χ2v) is 10.1. The van der Waals surface area contributed by atoms with Crippen LogP contribution in [0.1, 0.15) is 30.3 Å². The first-order chi connectivity index (χ1) is 19.1. The fraction of sp³-hybridized carbons (Fsp3) is 0.407. The molecular weight excluding hydrogens is 505 g/mol. The molecule has 202 valence electrons. The molecule has 3 aliphatic rings. The van der Waals surface area contributed by atoms with E-state index in [1.54, 1.807) is 22.9 Å². The van der Waals surface area contributed by atoms with Crippen LogP contribution in [0.4, 0.5) is 10.1 Å². The van der Waals surface area contributed by atoms with E-state index in [-0.39, 0.29) is 24.3 Å². The van der Waals surface area contributed by atoms with Gasteiger partial charge in [0, 0.05) is 55.5 Å². The van der Waals surface area contributed by atoms with E-state index < -0.39 is 6.04 Å². The van der Waals surface area contributed by atoms with Crippen LogP contribution in [0.5, 0.6) is 11.5 Å². The van der Waals surface area contributed by atoms with Gasteiger partial charge in [0.2, 0.25) is 6.79 Å². The summed E-state index contributed by atoms with van der Waals surface area (Å²) in [6.07, 6.45) is 2.00. The van der Waals surface area contributed by atoms with Gasteiger partial charge in [0.1, 0.15) is 11.9 Å². The van der Waals surface area contributed by atoms with Crippen molar-refractivity contribution in [3.63, 3.8) is 0 Å². The quantitative estimate of drug-likeness (QED) is 0.400. The van der Waals surface area contributed by atoms with Crippen molar-refractivity contribution in [2.45, 2.75) is 31.5 Å². The molecule has 2 aromatic heterocycles. The zero-order valence-electron chi connectivity index (χ0n) is 21.3. The Kier molecular flexibility index (Phi) is 6.12. The van der Waals surface area contributed by atoms with Crippen LogP contribution >= 0.6 is 0 Å². The number of halogens is 1. The number of nitrogens with zero attached hydrogens (tertiary/aromatic N) is 6. The van der Waals surface area contributed by atoms with Gasteiger partial charge >= 0.3 is 0 Å². The number of tetrazole rings is 1. The molecule has 0 unspecified atom stereocenters. The lowest BCUT2D eigenvalue weighted by Gasteiger charge is -2.39. The topological polar surface area (TPSA) is 111 Å². The summed E-state index contributed by atoms with van der Waals surface area (Å²) in [5, 5.41) is 13.5. The summed E-state index contributed by atoms with van der Waals surface area (Å²) in [4.78, 5) is 21.1. The average Bonchev–Trinajstić information content (AvgIpc) is 3.72. The number of fused-ring (bicyclic) bond motifs is 2. The van der Waals surface area contributed by atoms with Gasteiger partial charge in [0.25, 0.3) is 5.56 Å². The zero-order chi connectivity index (χ0) is 26.3. The van der Waals surface area contributed by atoms with Gasteiger partial charge in [-0.15, -0.1) is 5.10 Å². The number of nitrogens with one attached hydrogen (secondary N) is 1. The number of aromatic nitrogens is 5. The minimum absolute atomic E-state index is 0.0397. The summed E-state index contributed by atoms with van der Waals surface area (Å²) in [7, 11) is 0. The maximum atomic E-state index is 13.6. The van der Waals surface area contributed by atoms with Crippen LogP contribution in [0, 0.1) is 5.82 Å². The molecule has 4 aromatic rings. The second kappa shape index (κ2) is 9.93. The van der Waals surface area contributed by atoms with Crippen LogP contribution in [0.2, 0.25) is 0 Å². The van der Waals surface area contributed by atoms with Crippen LogP contribution in [-0.4, -0.2) is 75.8 Å². The fourth-order valence-corrected chi connectivity index (χ4v) is 5.72. The number of hydrogen-bond acceptors (Lipinski definition) is 9. The third-order valence-corrected chi connectivity index (χ3v) is 7.74. The zero-order valence-corrected chi connectivity index (χ0v) is 21.3. The Balaban J connectivity index is 1.25. The molecule has 0 amide bonds. The van der Waals surface area contributed by atoms with E-state index in [2.05, 4.69) is 30.3 Å². The van der Waals surface area contributed by atoms with Gasteiger partial charge in [-0.05, 0) is 59.7 Å². The van der Waals surface area contributed by atoms with E-state index in [1.807, 2.05) is 12.1 Å². The standard InChI is InChI=1S/C27H28FN7O4/c28-18-3-5-19(6-4-18)33-7-9-34(10-8-33)25(26-30-31-32-35(26)15-20-2-1-11-37-20)21-12-17-13-23-24(39-16-38-23)14-22(17)29-27(21)36/h3-6,12-14,20,25H,1-2,7-11,15-16H2,(H,29,36)/t20-,25-/m0/s1. The fourth-order valence-electron chi connectivity index (χ4n) is 5.72. The molecule has 0 bridgehead atoms. The molecule has 2 saturated heterocycles. The molecule has 2 aromatic carbocycles. The summed E-state index contributed by atoms with van der Waals surface area (Å²) in [6, 6.07) is 11.6. The summed E-state index contributed by atoms with van der Waals surface area (Å²) >= 11 is 0. The average molecular weight is 534 g/mol. The summed E-state index contributed by atoms with van der Waals surface area (Å²) in [5.41, 5.74) is 1.99. The Hall–Kier alpha value is -4.03. The molecule has 11 nitrogen and oxygen atoms in total. The highest BCUT2D eigenvalue weighted by Gasteiger charge is 2.34. The highest BCUT2D eigenvalue weighted by Crippen LogP contribution is 2.36. The number of pyridine rings is 1. The third kappa shape index (κ3) is 4.59. The number of anilines is 1. The largest absolute Gasteiger partial charge is 0.454 e. The van der Waals surface area contributed by atoms with Crippen molar-refractivity contribution in [3.05, 3.63) is 70.0 Å². The monoisotopic (exact) mass is 533 g/mol. The Morgan fingerprint density at radius 1 is 1.05 bits per heavy atom. The van der Waals surface area contributed by atoms with E-state index in [1.165, 1.54) is 12.1 Å². The number of aromatic amines is 1. The molecule has 2 fully saturated rings. The minimum atomic E-state index is -0.477. The van der Waals surface area contributed by atoms with Crippen molar-refractivity contribution in [1.29, 1.82) is 0 Å². The molecule has 0 spiro atoms. The van der Waals surface area contributed by atoms with E-state index >= 15 is 0 Å². The minimum Gasteiger partial charge on any atom is -0.454 e. The number of piperazine rings is 1. The molecule has 0 radical (unpaired) electrons. The molecule has 12 heteroatoms. The molecule has 39 heavy (non-hydrogen) atoms. The first-order valence-corrected chi connectivity index (χ1v) is 13.2. The molecule has 0 saturated carbocycles. The van der Waals surface area contributed by atoms with Gasteiger partial charge in [0.05, 0.1) is 18.2 Å². The van der Waals surface area contributed by atoms with Crippen LogP contribution in [-0.2, 0) is 11.3 Å². The first kappa shape index (κ1) is 24.0. The molecule has 2 atom stereocenters. The van der Waals surface area contributed by atoms with E-state index in [0.717, 1.165) is 30.5 Å². The molecule has 7 rings (SSSR count). The highest BCUT2D eigenvalue weighted by atomic mass is 19.1. The van der Waals surface area contributed by atoms with Gasteiger partial charge in [-0.25, -0.2) is 9.07 Å². The highest BCUT2D eigenvalue weighted by molar-refractivity contribution is 5.83. The second-order valence-electron chi connectivity index (χ2n) is 10.1. The Morgan fingerprint density at radius 3 is 2.62 bits per heavy atom. The van der Waals surface area contributed by atoms with Gasteiger partial charge in [0.15, 0.2) is 17.3 Å². The van der Waals surface area contributed by atoms with Crippen molar-refractivity contribution in [2.75, 3.05) is 44.5 Å². The maximum Gasteiger partial charge on any atom is 0.253 e. The van der Waals surface area contributed by atoms with Gasteiger partial charge in [-0.3, -0.25) is 9.69 Å². The third-order valence-electron chi connectivity index (χ3n) is 7.74. The molecule has 3 aliphatic heterocycles. The molecule has 5 heterocycles. The van der Waals surface area contributed by atoms with Gasteiger partial charge in [-0.1, -0.05) is 0 Å². The van der Waals surface area contributed by atoms with Crippen molar-refractivity contribution in [2.24, 2.45) is 0 Å². The van der Waals surface area contributed by atoms with Crippen LogP contribution in [0.3, 0.4) is 0 Å². The number of H-pyrrole nitrogens is 1. The van der Waals surface area contributed by atoms with E-state index in [0.29, 0.717) is 61.1 Å². The van der Waals surface area contributed by atoms with Crippen LogP contribution < -0.4 is 19.9 Å². The summed E-state index contributed by atoms with van der Waals surface area (Å²) in [5.74, 6) is 1.60. The van der Waals surface area contributed by atoms with E-state index in [9.17, 15) is 9.18 Å². The number of ether oxygens (including phenoxy) is 3. The first-order valence-electron chi connectivity index (χ1n) is 13.2. The molecular formula is C27H28FN7O4. The predicted octanol–water partition coefficient (Wildman–Crippen LogP) is 2.47. The molecule has 1 N–H and O–H groups in total. The van der Waals surface area contributed by atoms with Crippen LogP contribution in [0.25, 0.3) is 10.9 Å². The van der Waals surface area contributed by atoms with Gasteiger partial charge < -0.3 is 24.1 Å². The lowest BCUT2D eigenvalue weighted by Crippen LogP contribution is -2.49. The van der Waals surface area contributed by atoms with Gasteiger partial charge in [-0.2, -0.15) is 0 Å². The smallest absolute Gasteiger partial charge is 0.253 e. The molecule has 0 aliphatic carbocycles.